The number of carbonyl (C=O) groups excluding carboxylic acids is 4. The molecule has 0 saturated carbocycles. The number of nitrogen functional groups attached to an aromatic ring is 2. The molecule has 0 bridgehead atoms. The van der Waals surface area contributed by atoms with Gasteiger partial charge in [-0.2, -0.15) is 8.62 Å². The predicted molar refractivity (Wildman–Crippen MR) is 324 cm³/mol. The van der Waals surface area contributed by atoms with E-state index in [1.165, 1.54) is 49.3 Å². The van der Waals surface area contributed by atoms with E-state index in [4.69, 9.17) is 39.0 Å². The molecule has 0 spiro atoms. The van der Waals surface area contributed by atoms with E-state index in [2.05, 4.69) is 68.8 Å². The number of anilines is 2. The summed E-state index contributed by atoms with van der Waals surface area (Å²) in [6.07, 6.45) is -14.6. The minimum absolute atomic E-state index is 0.00411. The van der Waals surface area contributed by atoms with Crippen molar-refractivity contribution in [1.29, 1.82) is 0 Å². The summed E-state index contributed by atoms with van der Waals surface area (Å²) < 4.78 is 125. The molecule has 4 amide bonds. The zero-order chi connectivity index (χ0) is 71.6. The SMILES string of the molecule is CC(C)(COP(=O)(O)OP(=O)(O)OCC1OC(n2cnc3c(N)ncnc32)C(O)C1OP(=O)(O)O)C(O)C(=O)NCCC(=O)NCCSSCCNC(=O)CCNC(=O)C(O)C(C)(C)COP(=O)(O)OP(=O)(O)OCC1OC(n2cnc3c(N)ncnc32)C(O)C1OP(=O)(O)O. The molecule has 0 aliphatic carbocycles. The van der Waals surface area contributed by atoms with Gasteiger partial charge in [0.25, 0.3) is 0 Å². The summed E-state index contributed by atoms with van der Waals surface area (Å²) in [4.78, 5) is 153. The first kappa shape index (κ1) is 80.8. The van der Waals surface area contributed by atoms with E-state index in [9.17, 15) is 106 Å². The molecule has 20 N–H and O–H groups in total. The summed E-state index contributed by atoms with van der Waals surface area (Å²) in [6.45, 7) is 0.354. The van der Waals surface area contributed by atoms with E-state index >= 15 is 0 Å². The first-order valence-electron chi connectivity index (χ1n) is 27.4. The smallest absolute Gasteiger partial charge is 0.386 e. The van der Waals surface area contributed by atoms with Crippen LogP contribution in [-0.4, -0.2) is 235 Å². The lowest BCUT2D eigenvalue weighted by atomic mass is 9.87. The Morgan fingerprint density at radius 2 is 0.896 bits per heavy atom. The Hall–Kier alpha value is -4.22. The minimum Gasteiger partial charge on any atom is -0.386 e. The van der Waals surface area contributed by atoms with Crippen molar-refractivity contribution in [2.75, 3.05) is 75.6 Å². The second-order valence-electron chi connectivity index (χ2n) is 21.8. The number of imidazole rings is 2. The highest BCUT2D eigenvalue weighted by atomic mass is 33.1. The highest BCUT2D eigenvalue weighted by Gasteiger charge is 2.52. The third-order valence-electron chi connectivity index (χ3n) is 13.3. The molecule has 2 aliphatic rings. The molecule has 0 radical (unpaired) electrons. The van der Waals surface area contributed by atoms with Crippen LogP contribution >= 0.6 is 68.5 Å². The largest absolute Gasteiger partial charge is 0.481 e. The van der Waals surface area contributed by atoms with E-state index < -0.39 is 169 Å². The fourth-order valence-corrected chi connectivity index (χ4v) is 15.9. The molecule has 4 aromatic rings. The number of hydrogen-bond donors (Lipinski definition) is 18. The monoisotopic (exact) mass is 1530 g/mol. The summed E-state index contributed by atoms with van der Waals surface area (Å²) in [5.41, 5.74) is 8.26. The van der Waals surface area contributed by atoms with Gasteiger partial charge in [-0.3, -0.25) is 55.5 Å². The zero-order valence-corrected chi connectivity index (χ0v) is 57.3. The van der Waals surface area contributed by atoms with Crippen LogP contribution in [0.25, 0.3) is 22.3 Å². The first-order chi connectivity index (χ1) is 44.4. The van der Waals surface area contributed by atoms with Gasteiger partial charge in [0.2, 0.25) is 23.6 Å². The van der Waals surface area contributed by atoms with Crippen molar-refractivity contribution in [1.82, 2.24) is 60.3 Å². The number of carbonyl (C=O) groups is 4. The Labute approximate surface area is 549 Å². The molecule has 0 aromatic carbocycles. The third-order valence-corrected chi connectivity index (χ3v) is 21.9. The minimum atomic E-state index is -5.65. The zero-order valence-electron chi connectivity index (χ0n) is 50.3. The summed E-state index contributed by atoms with van der Waals surface area (Å²) >= 11 is 0. The van der Waals surface area contributed by atoms with Gasteiger partial charge in [0.1, 0.15) is 72.5 Å². The number of amides is 4. The van der Waals surface area contributed by atoms with Crippen LogP contribution < -0.4 is 32.7 Å². The third kappa shape index (κ3) is 23.7. The number of hydrogen-bond acceptors (Lipinski definition) is 34. The molecule has 2 aliphatic heterocycles. The number of aliphatic hydroxyl groups is 4. The maximum Gasteiger partial charge on any atom is 0.481 e. The van der Waals surface area contributed by atoms with Crippen LogP contribution in [0.1, 0.15) is 53.0 Å². The Morgan fingerprint density at radius 3 is 1.24 bits per heavy atom. The molecule has 4 aromatic heterocycles. The van der Waals surface area contributed by atoms with Gasteiger partial charge in [0, 0.05) is 61.4 Å². The Balaban J connectivity index is 0.798. The summed E-state index contributed by atoms with van der Waals surface area (Å²) in [7, 11) is -30.6. The quantitative estimate of drug-likeness (QED) is 0.0122. The molecular formula is C42H70N14O32P6S2. The van der Waals surface area contributed by atoms with Crippen molar-refractivity contribution in [2.24, 2.45) is 10.8 Å². The number of aliphatic hydroxyl groups excluding tert-OH is 4. The van der Waals surface area contributed by atoms with Crippen LogP contribution in [0.5, 0.6) is 0 Å². The van der Waals surface area contributed by atoms with Gasteiger partial charge in [-0.1, -0.05) is 49.3 Å². The number of nitrogens with two attached hydrogens (primary N) is 2. The van der Waals surface area contributed by atoms with E-state index in [0.717, 1.165) is 34.4 Å². The standard InChI is InChI=1S/C42H70N14O32P6S2/c1-41(2,15-81-93(75,76)87-91(71,72)79-13-21-29(85-89(65,66)67)27(59)39(83-21)55-19-53-25-33(43)49-17-51-35(25)55)31(61)37(63)47-7-5-23(57)45-9-11-95-96-12-10-46-24(58)6-8-48-38(64)32(62)42(3,4)16-82-94(77,78)88-92(73,74)80-14-22-30(86-90(68,69)70)28(60)40(84-22)56-20-54-26-34(44)50-18-52-36(26)56/h17-22,27-32,39-40,59-62H,5-16H2,1-4H3,(H,45,57)(H,46,58)(H,47,63)(H,48,64)(H,71,72)(H,73,74)(H,75,76)(H,77,78)(H2,43,49,51)(H2,44,50,52)(H2,65,66,67)(H2,68,69,70). The number of fused-ring (bicyclic) bond motifs is 2. The topological polar surface area (TPSA) is 693 Å². The number of aromatic nitrogens is 8. The number of nitrogens with zero attached hydrogens (tertiary/aromatic N) is 8. The van der Waals surface area contributed by atoms with Gasteiger partial charge in [0.05, 0.1) is 39.1 Å². The number of phosphoric ester groups is 6. The number of rotatable bonds is 39. The fraction of sp³-hybridized carbons (Fsp3) is 0.667. The Kier molecular flexibility index (Phi) is 28.2. The van der Waals surface area contributed by atoms with E-state index in [1.807, 2.05) is 0 Å². The Bertz CT molecular complexity index is 3450. The molecule has 2 saturated heterocycles. The van der Waals surface area contributed by atoms with Crippen LogP contribution in [0.4, 0.5) is 11.6 Å². The van der Waals surface area contributed by atoms with Crippen molar-refractivity contribution < 1.29 is 151 Å². The van der Waals surface area contributed by atoms with E-state index in [1.54, 1.807) is 0 Å². The molecule has 542 valence electrons. The molecule has 96 heavy (non-hydrogen) atoms. The van der Waals surface area contributed by atoms with Crippen molar-refractivity contribution in [3.8, 4) is 0 Å². The van der Waals surface area contributed by atoms with Gasteiger partial charge >= 0.3 is 46.9 Å². The fourth-order valence-electron chi connectivity index (χ4n) is 8.46. The first-order valence-corrected chi connectivity index (χ1v) is 39.0. The maximum atomic E-state index is 12.8. The highest BCUT2D eigenvalue weighted by molar-refractivity contribution is 8.76. The predicted octanol–water partition coefficient (Wildman–Crippen LogP) is -2.80. The van der Waals surface area contributed by atoms with Crippen LogP contribution in [0.15, 0.2) is 25.3 Å². The molecule has 46 nitrogen and oxygen atoms in total. The summed E-state index contributed by atoms with van der Waals surface area (Å²) in [6, 6.07) is 0. The van der Waals surface area contributed by atoms with Crippen LogP contribution in [-0.2, 0) is 91.8 Å². The van der Waals surface area contributed by atoms with Gasteiger partial charge in [-0.15, -0.1) is 0 Å². The van der Waals surface area contributed by atoms with Crippen molar-refractivity contribution in [3.05, 3.63) is 25.3 Å². The van der Waals surface area contributed by atoms with Crippen molar-refractivity contribution >= 4 is 126 Å². The van der Waals surface area contributed by atoms with Gasteiger partial charge in [0.15, 0.2) is 35.4 Å². The summed E-state index contributed by atoms with van der Waals surface area (Å²) in [5, 5.41) is 53.2. The second kappa shape index (κ2) is 33.5. The van der Waals surface area contributed by atoms with Crippen molar-refractivity contribution in [2.45, 2.75) is 102 Å². The van der Waals surface area contributed by atoms with E-state index in [0.29, 0.717) is 11.5 Å². The lowest BCUT2D eigenvalue weighted by Gasteiger charge is -2.30. The van der Waals surface area contributed by atoms with Crippen LogP contribution in [0.2, 0.25) is 0 Å². The van der Waals surface area contributed by atoms with Gasteiger partial charge in [-0.25, -0.2) is 57.3 Å². The van der Waals surface area contributed by atoms with E-state index in [-0.39, 0.29) is 73.0 Å². The molecule has 6 rings (SSSR count). The van der Waals surface area contributed by atoms with Crippen LogP contribution in [0.3, 0.4) is 0 Å². The number of nitrogens with one attached hydrogen (secondary N) is 4. The van der Waals surface area contributed by atoms with Gasteiger partial charge < -0.3 is 102 Å². The Morgan fingerprint density at radius 1 is 0.552 bits per heavy atom. The van der Waals surface area contributed by atoms with Crippen LogP contribution in [0, 0.1) is 10.8 Å². The van der Waals surface area contributed by atoms with Gasteiger partial charge in [-0.05, 0) is 0 Å². The molecule has 54 heteroatoms. The molecular weight excluding hydrogens is 1460 g/mol. The lowest BCUT2D eigenvalue weighted by Crippen LogP contribution is -2.46. The normalized spacial score (nSPS) is 23.5. The average molecular weight is 1530 g/mol. The molecule has 14 unspecified atom stereocenters. The van der Waals surface area contributed by atoms with Crippen molar-refractivity contribution in [3.63, 3.8) is 0 Å². The molecule has 6 heterocycles. The average Bonchev–Trinajstić information content (AvgIpc) is 1.62. The lowest BCUT2D eigenvalue weighted by molar-refractivity contribution is -0.137. The maximum absolute atomic E-state index is 12.8. The summed E-state index contributed by atoms with van der Waals surface area (Å²) in [5.74, 6) is -2.44. The number of ether oxygens (including phenoxy) is 2. The molecule has 14 atom stereocenters. The number of phosphoric acid groups is 6. The highest BCUT2D eigenvalue weighted by Crippen LogP contribution is 2.63. The molecule has 2 fully saturated rings. The second-order valence-corrected chi connectivity index (χ2v) is 33.0.